The summed E-state index contributed by atoms with van der Waals surface area (Å²) in [6.07, 6.45) is 0. The van der Waals surface area contributed by atoms with Gasteiger partial charge >= 0.3 is 38.3 Å². The molecule has 1 nitrogen and oxygen atoms in total. The van der Waals surface area contributed by atoms with E-state index in [1.165, 1.54) is 0 Å². The zero-order valence-electron chi connectivity index (χ0n) is 3.95. The van der Waals surface area contributed by atoms with Gasteiger partial charge < -0.3 is 6.90 Å². The molecule has 0 atom stereocenters. The molecule has 1 radical (unpaired) electrons. The molecular formula is HCoLiOTiZn. The Balaban J connectivity index is 0. The smallest absolute Gasteiger partial charge is 2.00 e. The Labute approximate surface area is 82.8 Å². The van der Waals surface area contributed by atoms with Gasteiger partial charge in [-0.25, -0.2) is 0 Å². The Hall–Kier alpha value is 2.40. The molecule has 5 heteroatoms. The van der Waals surface area contributed by atoms with Crippen molar-refractivity contribution >= 4 is 0 Å². The van der Waals surface area contributed by atoms with Gasteiger partial charge in [0.1, 0.15) is 0 Å². The second kappa shape index (κ2) is 32.4. The maximum Gasteiger partial charge on any atom is 2.00 e. The van der Waals surface area contributed by atoms with Crippen molar-refractivity contribution in [1.29, 1.82) is 0 Å². The first kappa shape index (κ1) is 52.6. The van der Waals surface area contributed by atoms with Gasteiger partial charge in [-0.1, -0.05) is 0 Å². The summed E-state index contributed by atoms with van der Waals surface area (Å²) in [6.45, 7) is 0. The van der Waals surface area contributed by atoms with E-state index in [0.29, 0.717) is 0 Å². The summed E-state index contributed by atoms with van der Waals surface area (Å²) >= 11 is 0. The molecule has 0 heterocycles. The van der Waals surface area contributed by atoms with Crippen molar-refractivity contribution in [2.24, 2.45) is 0 Å². The first-order valence-corrected chi connectivity index (χ1v) is 0. The Morgan fingerprint density at radius 1 is 1.20 bits per heavy atom. The third-order valence-electron chi connectivity index (χ3n) is 0. The second-order valence-electron chi connectivity index (χ2n) is 0. The summed E-state index contributed by atoms with van der Waals surface area (Å²) in [5, 5.41) is 0. The topological polar surface area (TPSA) is 28.5 Å². The van der Waals surface area contributed by atoms with Crippen LogP contribution in [0.3, 0.4) is 0 Å². The molecule has 0 unspecified atom stereocenters. The van der Waals surface area contributed by atoms with E-state index in [1.54, 1.807) is 0 Å². The molecule has 0 rings (SSSR count). The number of hydrogen-bond acceptors (Lipinski definition) is 0. The number of hydrogen-bond donors (Lipinski definition) is 0. The van der Waals surface area contributed by atoms with E-state index < -0.39 is 0 Å². The van der Waals surface area contributed by atoms with Gasteiger partial charge in [0.25, 0.3) is 0 Å². The molecule has 0 aromatic rings. The van der Waals surface area contributed by atoms with Crippen LogP contribution in [0.1, 0.15) is 1.43 Å². The van der Waals surface area contributed by atoms with Gasteiger partial charge in [-0.05, 0) is 0 Å². The van der Waals surface area contributed by atoms with Crippen LogP contribution >= 0.6 is 0 Å². The maximum atomic E-state index is 0. The van der Waals surface area contributed by atoms with Crippen LogP contribution < -0.4 is 18.9 Å². The minimum absolute atomic E-state index is 0. The van der Waals surface area contributed by atoms with Crippen LogP contribution in [0, 0.1) is 0 Å². The van der Waals surface area contributed by atoms with Crippen LogP contribution in [0.4, 0.5) is 0 Å². The SMILES string of the molecule is [Co].[H-].[Li+].[O-2].[Ti].[Zn+2]. The molecule has 0 saturated carbocycles. The monoisotopic (exact) mass is 195 g/mol. The zero-order chi connectivity index (χ0) is 0. The predicted octanol–water partition coefficient (Wildman–Crippen LogP) is -3.01. The van der Waals surface area contributed by atoms with Crippen molar-refractivity contribution in [2.75, 3.05) is 0 Å². The first-order chi connectivity index (χ1) is 0. The Morgan fingerprint density at radius 3 is 1.20 bits per heavy atom. The molecule has 0 saturated heterocycles. The molecule has 0 aromatic heterocycles. The van der Waals surface area contributed by atoms with Gasteiger partial charge in [0, 0.05) is 38.5 Å². The van der Waals surface area contributed by atoms with E-state index in [0.717, 1.165) is 0 Å². The third-order valence-corrected chi connectivity index (χ3v) is 0. The molecule has 0 spiro atoms. The van der Waals surface area contributed by atoms with Crippen molar-refractivity contribution in [3.63, 3.8) is 0 Å². The fourth-order valence-electron chi connectivity index (χ4n) is 0. The molecular weight excluding hydrogens is 195 g/mol. The Morgan fingerprint density at radius 2 is 1.20 bits per heavy atom. The maximum absolute atomic E-state index is 0. The minimum atomic E-state index is 0. The molecule has 0 aliphatic rings. The van der Waals surface area contributed by atoms with Crippen molar-refractivity contribution in [3.8, 4) is 0 Å². The Bertz CT molecular complexity index is 15.5. The molecule has 0 bridgehead atoms. The standard InChI is InChI=1S/Co.Li.O.Ti.Zn.H/q;+1;-2;;+2;-1. The number of rotatable bonds is 0. The average molecular weight is 196 g/mol. The van der Waals surface area contributed by atoms with E-state index in [2.05, 4.69) is 0 Å². The fourth-order valence-corrected chi connectivity index (χ4v) is 0. The zero-order valence-corrected chi connectivity index (χ0v) is 8.52. The van der Waals surface area contributed by atoms with Crippen molar-refractivity contribution in [1.82, 2.24) is 0 Å². The van der Waals surface area contributed by atoms with Gasteiger partial charge in [-0.3, -0.25) is 0 Å². The average Bonchev–Trinajstić information content (AvgIpc) is 0. The molecule has 0 fully saturated rings. The molecule has 0 aliphatic carbocycles. The normalized spacial score (nSPS) is 0. The Kier molecular flexibility index (Phi) is 341. The molecule has 0 amide bonds. The van der Waals surface area contributed by atoms with Crippen LogP contribution in [0.15, 0.2) is 0 Å². The van der Waals surface area contributed by atoms with Crippen molar-refractivity contribution in [3.05, 3.63) is 0 Å². The van der Waals surface area contributed by atoms with E-state index in [4.69, 9.17) is 0 Å². The minimum Gasteiger partial charge on any atom is -2.00 e. The van der Waals surface area contributed by atoms with Gasteiger partial charge in [-0.2, -0.15) is 0 Å². The van der Waals surface area contributed by atoms with Crippen molar-refractivity contribution in [2.45, 2.75) is 0 Å². The fraction of sp³-hybridized carbons (Fsp3) is 0. The molecule has 0 aliphatic heterocycles. The largest absolute Gasteiger partial charge is 2.00 e. The first-order valence-electron chi connectivity index (χ1n) is 0. The van der Waals surface area contributed by atoms with Crippen LogP contribution in [-0.2, 0) is 63.5 Å². The van der Waals surface area contributed by atoms with Crippen LogP contribution in [0.5, 0.6) is 0 Å². The summed E-state index contributed by atoms with van der Waals surface area (Å²) in [4.78, 5) is 0. The molecule has 5 heavy (non-hydrogen) atoms. The van der Waals surface area contributed by atoms with E-state index >= 15 is 0 Å². The van der Waals surface area contributed by atoms with Crippen molar-refractivity contribution < 1.29 is 83.7 Å². The molecule has 23 valence electrons. The third kappa shape index (κ3) is 21.5. The van der Waals surface area contributed by atoms with Crippen LogP contribution in [-0.4, -0.2) is 0 Å². The summed E-state index contributed by atoms with van der Waals surface area (Å²) in [7, 11) is 0. The van der Waals surface area contributed by atoms with Gasteiger partial charge in [0.15, 0.2) is 0 Å². The summed E-state index contributed by atoms with van der Waals surface area (Å²) < 4.78 is 0. The van der Waals surface area contributed by atoms with Gasteiger partial charge in [0.2, 0.25) is 0 Å². The van der Waals surface area contributed by atoms with E-state index in [1.807, 2.05) is 0 Å². The second-order valence-corrected chi connectivity index (χ2v) is 0. The summed E-state index contributed by atoms with van der Waals surface area (Å²) in [6, 6.07) is 0. The van der Waals surface area contributed by atoms with Crippen LogP contribution in [0.2, 0.25) is 0 Å². The van der Waals surface area contributed by atoms with E-state index in [-0.39, 0.29) is 83.7 Å². The predicted molar refractivity (Wildman–Crippen MR) is 1.80 cm³/mol. The van der Waals surface area contributed by atoms with E-state index in [9.17, 15) is 0 Å². The summed E-state index contributed by atoms with van der Waals surface area (Å²) in [5.41, 5.74) is 0. The summed E-state index contributed by atoms with van der Waals surface area (Å²) in [5.74, 6) is 0. The van der Waals surface area contributed by atoms with Gasteiger partial charge in [-0.15, -0.1) is 0 Å². The van der Waals surface area contributed by atoms with Crippen LogP contribution in [0.25, 0.3) is 0 Å². The molecule has 0 N–H and O–H groups in total. The van der Waals surface area contributed by atoms with Gasteiger partial charge in [0.05, 0.1) is 0 Å². The quantitative estimate of drug-likeness (QED) is 0.369. The molecule has 0 aromatic carbocycles.